The zero-order chi connectivity index (χ0) is 8.97. The van der Waals surface area contributed by atoms with Crippen LogP contribution in [0.5, 0.6) is 0 Å². The zero-order valence-electron chi connectivity index (χ0n) is 7.67. The van der Waals surface area contributed by atoms with E-state index in [4.69, 9.17) is 0 Å². The molecule has 0 aliphatic heterocycles. The third-order valence-electron chi connectivity index (χ3n) is 1.83. The molecule has 0 nitrogen and oxygen atoms in total. The first-order chi connectivity index (χ1) is 5.75. The van der Waals surface area contributed by atoms with E-state index in [1.54, 1.807) is 0 Å². The number of benzene rings is 1. The number of hydrogen-bond acceptors (Lipinski definition) is 0. The van der Waals surface area contributed by atoms with Crippen LogP contribution in [0.15, 0.2) is 48.6 Å². The van der Waals surface area contributed by atoms with Crippen LogP contribution in [0, 0.1) is 0 Å². The third-order valence-corrected chi connectivity index (χ3v) is 1.83. The van der Waals surface area contributed by atoms with Gasteiger partial charge in [-0.25, -0.2) is 0 Å². The summed E-state index contributed by atoms with van der Waals surface area (Å²) in [5, 5.41) is 0. The van der Waals surface area contributed by atoms with Crippen LogP contribution in [0.4, 0.5) is 0 Å². The molecule has 0 heterocycles. The topological polar surface area (TPSA) is 0 Å². The van der Waals surface area contributed by atoms with Crippen LogP contribution in [-0.2, 0) is 0 Å². The van der Waals surface area contributed by atoms with Gasteiger partial charge in [-0.2, -0.15) is 0 Å². The Morgan fingerprint density at radius 3 is 2.25 bits per heavy atom. The lowest BCUT2D eigenvalue weighted by Crippen LogP contribution is -1.83. The quantitative estimate of drug-likeness (QED) is 0.576. The predicted octanol–water partition coefficient (Wildman–Crippen LogP) is 3.67. The van der Waals surface area contributed by atoms with Crippen LogP contribution < -0.4 is 0 Å². The number of hydrogen-bond donors (Lipinski definition) is 0. The summed E-state index contributed by atoms with van der Waals surface area (Å²) in [7, 11) is 0. The predicted molar refractivity (Wildman–Crippen MR) is 54.9 cm³/mol. The Morgan fingerprint density at radius 2 is 1.83 bits per heavy atom. The van der Waals surface area contributed by atoms with Gasteiger partial charge in [0.25, 0.3) is 0 Å². The Hall–Kier alpha value is -1.30. The van der Waals surface area contributed by atoms with Crippen LogP contribution in [0.2, 0.25) is 0 Å². The number of rotatable bonds is 2. The van der Waals surface area contributed by atoms with Crippen molar-refractivity contribution in [3.8, 4) is 0 Å². The maximum absolute atomic E-state index is 3.93. The average molecular weight is 158 g/mol. The Labute approximate surface area is 74.2 Å². The molecule has 0 spiro atoms. The molecule has 0 saturated heterocycles. The first-order valence-electron chi connectivity index (χ1n) is 4.13. The van der Waals surface area contributed by atoms with Crippen molar-refractivity contribution in [2.75, 3.05) is 0 Å². The molecule has 0 amide bonds. The van der Waals surface area contributed by atoms with Crippen LogP contribution in [-0.4, -0.2) is 0 Å². The Balaban J connectivity index is 3.05. The smallest absolute Gasteiger partial charge is 0.0185 e. The van der Waals surface area contributed by atoms with Crippen LogP contribution in [0.25, 0.3) is 5.57 Å². The van der Waals surface area contributed by atoms with Gasteiger partial charge in [-0.3, -0.25) is 0 Å². The summed E-state index contributed by atoms with van der Waals surface area (Å²) in [5.41, 5.74) is 3.59. The van der Waals surface area contributed by atoms with E-state index >= 15 is 0 Å². The van der Waals surface area contributed by atoms with Gasteiger partial charge in [-0.05, 0) is 25.0 Å². The van der Waals surface area contributed by atoms with Crippen LogP contribution in [0.3, 0.4) is 0 Å². The van der Waals surface area contributed by atoms with Crippen molar-refractivity contribution >= 4 is 5.57 Å². The lowest BCUT2D eigenvalue weighted by Gasteiger charge is -2.05. The van der Waals surface area contributed by atoms with Crippen molar-refractivity contribution in [3.63, 3.8) is 0 Å². The Kier molecular flexibility index (Phi) is 2.87. The molecule has 0 N–H and O–H groups in total. The van der Waals surface area contributed by atoms with E-state index in [0.717, 1.165) is 5.57 Å². The minimum atomic E-state index is 1.11. The van der Waals surface area contributed by atoms with Crippen LogP contribution in [0.1, 0.15) is 19.4 Å². The summed E-state index contributed by atoms with van der Waals surface area (Å²) < 4.78 is 0. The van der Waals surface area contributed by atoms with E-state index in [1.807, 2.05) is 32.0 Å². The largest absolute Gasteiger partial charge is 0.0955 e. The van der Waals surface area contributed by atoms with Gasteiger partial charge < -0.3 is 0 Å². The van der Waals surface area contributed by atoms with E-state index < -0.39 is 0 Å². The van der Waals surface area contributed by atoms with Crippen molar-refractivity contribution in [1.29, 1.82) is 0 Å². The average Bonchev–Trinajstić information content (AvgIpc) is 2.07. The van der Waals surface area contributed by atoms with Gasteiger partial charge in [-0.15, -0.1) is 0 Å². The minimum Gasteiger partial charge on any atom is -0.0955 e. The summed E-state index contributed by atoms with van der Waals surface area (Å²) in [6.45, 7) is 8.00. The summed E-state index contributed by atoms with van der Waals surface area (Å²) in [6, 6.07) is 10.3. The molecule has 0 aliphatic carbocycles. The Morgan fingerprint density at radius 1 is 1.25 bits per heavy atom. The highest BCUT2D eigenvalue weighted by Gasteiger charge is 1.98. The fraction of sp³-hybridized carbons (Fsp3) is 0.167. The first kappa shape index (κ1) is 8.79. The monoisotopic (exact) mass is 158 g/mol. The minimum absolute atomic E-state index is 1.11. The van der Waals surface area contributed by atoms with Crippen molar-refractivity contribution in [1.82, 2.24) is 0 Å². The summed E-state index contributed by atoms with van der Waals surface area (Å²) in [5.74, 6) is 0. The van der Waals surface area contributed by atoms with Crippen LogP contribution >= 0.6 is 0 Å². The molecule has 12 heavy (non-hydrogen) atoms. The molecular weight excluding hydrogens is 144 g/mol. The third kappa shape index (κ3) is 1.85. The molecule has 0 aromatic heterocycles. The Bertz CT molecular complexity index is 291. The van der Waals surface area contributed by atoms with Gasteiger partial charge in [0.2, 0.25) is 0 Å². The SMILES string of the molecule is C=C(C)C(=CC)c1ccccc1. The summed E-state index contributed by atoms with van der Waals surface area (Å²) in [6.07, 6.45) is 2.09. The van der Waals surface area contributed by atoms with E-state index in [1.165, 1.54) is 11.1 Å². The molecular formula is C12H14. The highest BCUT2D eigenvalue weighted by molar-refractivity contribution is 5.77. The molecule has 0 saturated carbocycles. The van der Waals surface area contributed by atoms with Gasteiger partial charge in [0.1, 0.15) is 0 Å². The molecule has 0 unspecified atom stereocenters. The van der Waals surface area contributed by atoms with Crippen molar-refractivity contribution in [2.45, 2.75) is 13.8 Å². The summed E-state index contributed by atoms with van der Waals surface area (Å²) in [4.78, 5) is 0. The highest BCUT2D eigenvalue weighted by atomic mass is 14.0. The zero-order valence-corrected chi connectivity index (χ0v) is 7.67. The second kappa shape index (κ2) is 3.91. The molecule has 0 atom stereocenters. The second-order valence-corrected chi connectivity index (χ2v) is 2.85. The molecule has 1 rings (SSSR count). The van der Waals surface area contributed by atoms with Gasteiger partial charge in [0.05, 0.1) is 0 Å². The molecule has 0 aliphatic rings. The normalized spacial score (nSPS) is 11.3. The molecule has 0 fully saturated rings. The second-order valence-electron chi connectivity index (χ2n) is 2.85. The van der Waals surface area contributed by atoms with Crippen molar-refractivity contribution in [3.05, 3.63) is 54.1 Å². The van der Waals surface area contributed by atoms with Gasteiger partial charge >= 0.3 is 0 Å². The number of allylic oxidation sites excluding steroid dienone is 3. The molecule has 1 aromatic rings. The molecule has 1 aromatic carbocycles. The first-order valence-corrected chi connectivity index (χ1v) is 4.13. The molecule has 0 heteroatoms. The maximum atomic E-state index is 3.93. The fourth-order valence-corrected chi connectivity index (χ4v) is 1.28. The van der Waals surface area contributed by atoms with Crippen molar-refractivity contribution in [2.24, 2.45) is 0 Å². The summed E-state index contributed by atoms with van der Waals surface area (Å²) >= 11 is 0. The van der Waals surface area contributed by atoms with Gasteiger partial charge in [-0.1, -0.05) is 48.6 Å². The van der Waals surface area contributed by atoms with Gasteiger partial charge in [0.15, 0.2) is 0 Å². The molecule has 0 bridgehead atoms. The van der Waals surface area contributed by atoms with E-state index in [0.29, 0.717) is 0 Å². The van der Waals surface area contributed by atoms with Gasteiger partial charge in [0, 0.05) is 0 Å². The fourth-order valence-electron chi connectivity index (χ4n) is 1.28. The lowest BCUT2D eigenvalue weighted by molar-refractivity contribution is 1.50. The molecule has 62 valence electrons. The van der Waals surface area contributed by atoms with E-state index in [9.17, 15) is 0 Å². The van der Waals surface area contributed by atoms with Crippen molar-refractivity contribution < 1.29 is 0 Å². The van der Waals surface area contributed by atoms with E-state index in [-0.39, 0.29) is 0 Å². The maximum Gasteiger partial charge on any atom is -0.0185 e. The lowest BCUT2D eigenvalue weighted by atomic mass is 10.0. The standard InChI is InChI=1S/C12H14/c1-4-12(10(2)3)11-8-6-5-7-9-11/h4-9H,2H2,1,3H3. The van der Waals surface area contributed by atoms with E-state index in [2.05, 4.69) is 24.8 Å². The molecule has 0 radical (unpaired) electrons. The highest BCUT2D eigenvalue weighted by Crippen LogP contribution is 2.20.